The van der Waals surface area contributed by atoms with Gasteiger partial charge in [-0.25, -0.2) is 4.21 Å². The van der Waals surface area contributed by atoms with Crippen LogP contribution in [0.4, 0.5) is 0 Å². The summed E-state index contributed by atoms with van der Waals surface area (Å²) in [7, 11) is -1.33. The zero-order valence-electron chi connectivity index (χ0n) is 13.9. The molecule has 0 fully saturated rings. The lowest BCUT2D eigenvalue weighted by Crippen LogP contribution is -2.19. The second-order valence-corrected chi connectivity index (χ2v) is 8.57. The van der Waals surface area contributed by atoms with Gasteiger partial charge in [0.25, 0.3) is 0 Å². The SMILES string of the molecule is CC(C)(C)S(=O)/N=C/c1c2ccccc2c(C=O)c2ccccc12. The van der Waals surface area contributed by atoms with Gasteiger partial charge in [0.05, 0.1) is 4.75 Å². The molecule has 0 spiro atoms. The van der Waals surface area contributed by atoms with Crippen LogP contribution in [0.25, 0.3) is 21.5 Å². The molecule has 1 unspecified atom stereocenters. The normalized spacial score (nSPS) is 13.6. The molecule has 0 amide bonds. The van der Waals surface area contributed by atoms with Gasteiger partial charge in [-0.3, -0.25) is 4.79 Å². The van der Waals surface area contributed by atoms with E-state index in [1.165, 1.54) is 0 Å². The topological polar surface area (TPSA) is 46.5 Å². The summed E-state index contributed by atoms with van der Waals surface area (Å²) in [6.07, 6.45) is 2.58. The van der Waals surface area contributed by atoms with Gasteiger partial charge in [-0.15, -0.1) is 0 Å². The molecule has 24 heavy (non-hydrogen) atoms. The first-order chi connectivity index (χ1) is 11.4. The molecule has 0 radical (unpaired) electrons. The lowest BCUT2D eigenvalue weighted by atomic mass is 9.93. The number of benzene rings is 3. The van der Waals surface area contributed by atoms with Gasteiger partial charge in [-0.2, -0.15) is 4.40 Å². The second kappa shape index (κ2) is 6.29. The fourth-order valence-electron chi connectivity index (χ4n) is 2.72. The molecule has 0 saturated heterocycles. The molecular weight excluding hydrogens is 318 g/mol. The lowest BCUT2D eigenvalue weighted by molar-refractivity contribution is 0.112. The third-order valence-corrected chi connectivity index (χ3v) is 5.28. The van der Waals surface area contributed by atoms with Gasteiger partial charge in [0.2, 0.25) is 0 Å². The second-order valence-electron chi connectivity index (χ2n) is 6.63. The Hall–Kier alpha value is -2.33. The molecule has 0 aliphatic rings. The van der Waals surface area contributed by atoms with Gasteiger partial charge in [0.1, 0.15) is 11.0 Å². The smallest absolute Gasteiger partial charge is 0.151 e. The van der Waals surface area contributed by atoms with E-state index in [2.05, 4.69) is 4.40 Å². The van der Waals surface area contributed by atoms with Crippen molar-refractivity contribution in [2.75, 3.05) is 0 Å². The van der Waals surface area contributed by atoms with Crippen LogP contribution in [0.2, 0.25) is 0 Å². The first-order valence-corrected chi connectivity index (χ1v) is 8.89. The van der Waals surface area contributed by atoms with Crippen molar-refractivity contribution in [1.29, 1.82) is 0 Å². The van der Waals surface area contributed by atoms with Crippen molar-refractivity contribution >= 4 is 45.0 Å². The number of fused-ring (bicyclic) bond motifs is 2. The van der Waals surface area contributed by atoms with E-state index < -0.39 is 15.7 Å². The van der Waals surface area contributed by atoms with E-state index in [1.807, 2.05) is 69.3 Å². The molecule has 0 bridgehead atoms. The van der Waals surface area contributed by atoms with Crippen molar-refractivity contribution in [3.8, 4) is 0 Å². The largest absolute Gasteiger partial charge is 0.298 e. The fraction of sp³-hybridized carbons (Fsp3) is 0.200. The molecule has 3 aromatic carbocycles. The number of carbonyl (C=O) groups excluding carboxylic acids is 1. The third-order valence-electron chi connectivity index (χ3n) is 3.93. The molecule has 3 nitrogen and oxygen atoms in total. The number of hydrogen-bond acceptors (Lipinski definition) is 2. The summed E-state index contributed by atoms with van der Waals surface area (Å²) in [5.74, 6) is 0. The van der Waals surface area contributed by atoms with Crippen LogP contribution in [0.1, 0.15) is 36.7 Å². The molecule has 3 rings (SSSR count). The van der Waals surface area contributed by atoms with E-state index in [-0.39, 0.29) is 0 Å². The molecule has 122 valence electrons. The van der Waals surface area contributed by atoms with Gasteiger partial charge < -0.3 is 0 Å². The number of nitrogens with zero attached hydrogens (tertiary/aromatic N) is 1. The highest BCUT2D eigenvalue weighted by molar-refractivity contribution is 7.85. The summed E-state index contributed by atoms with van der Waals surface area (Å²) in [5.41, 5.74) is 1.57. The maximum Gasteiger partial charge on any atom is 0.151 e. The highest BCUT2D eigenvalue weighted by atomic mass is 32.2. The molecule has 0 heterocycles. The molecule has 1 atom stereocenters. The molecule has 0 aromatic heterocycles. The summed E-state index contributed by atoms with van der Waals surface area (Å²) >= 11 is 0. The quantitative estimate of drug-likeness (QED) is 0.395. The summed E-state index contributed by atoms with van der Waals surface area (Å²) in [6.45, 7) is 5.68. The highest BCUT2D eigenvalue weighted by Gasteiger charge is 2.19. The van der Waals surface area contributed by atoms with Crippen molar-refractivity contribution < 1.29 is 9.00 Å². The Kier molecular flexibility index (Phi) is 4.33. The van der Waals surface area contributed by atoms with E-state index >= 15 is 0 Å². The van der Waals surface area contributed by atoms with Crippen LogP contribution >= 0.6 is 0 Å². The van der Waals surface area contributed by atoms with E-state index in [4.69, 9.17) is 0 Å². The molecule has 3 aromatic rings. The van der Waals surface area contributed by atoms with Crippen LogP contribution in [0.5, 0.6) is 0 Å². The van der Waals surface area contributed by atoms with E-state index in [9.17, 15) is 9.00 Å². The number of rotatable bonds is 3. The minimum Gasteiger partial charge on any atom is -0.298 e. The Labute approximate surface area is 144 Å². The lowest BCUT2D eigenvalue weighted by Gasteiger charge is -2.14. The summed E-state index contributed by atoms with van der Waals surface area (Å²) < 4.78 is 16.2. The molecule has 0 N–H and O–H groups in total. The zero-order chi connectivity index (χ0) is 17.3. The Balaban J connectivity index is 2.35. The van der Waals surface area contributed by atoms with Crippen LogP contribution in [0.3, 0.4) is 0 Å². The Morgan fingerprint density at radius 3 is 1.62 bits per heavy atom. The number of aldehydes is 1. The molecule has 0 saturated carbocycles. The van der Waals surface area contributed by atoms with E-state index in [1.54, 1.807) is 6.21 Å². The average molecular weight is 337 g/mol. The third kappa shape index (κ3) is 2.89. The Bertz CT molecular complexity index is 927. The summed E-state index contributed by atoms with van der Waals surface area (Å²) in [5, 5.41) is 3.64. The van der Waals surface area contributed by atoms with Gasteiger partial charge >= 0.3 is 0 Å². The van der Waals surface area contributed by atoms with Gasteiger partial charge in [0, 0.05) is 17.3 Å². The van der Waals surface area contributed by atoms with Gasteiger partial charge in [-0.05, 0) is 42.3 Å². The Morgan fingerprint density at radius 1 is 0.833 bits per heavy atom. The maximum absolute atomic E-state index is 12.3. The highest BCUT2D eigenvalue weighted by Crippen LogP contribution is 2.31. The molecule has 4 heteroatoms. The van der Waals surface area contributed by atoms with E-state index in [0.717, 1.165) is 33.4 Å². The fourth-order valence-corrected chi connectivity index (χ4v) is 3.24. The maximum atomic E-state index is 12.3. The van der Waals surface area contributed by atoms with E-state index in [0.29, 0.717) is 5.56 Å². The summed E-state index contributed by atoms with van der Waals surface area (Å²) in [6, 6.07) is 15.5. The first-order valence-electron chi connectivity index (χ1n) is 7.78. The van der Waals surface area contributed by atoms with Crippen LogP contribution in [0.15, 0.2) is 52.9 Å². The van der Waals surface area contributed by atoms with Crippen LogP contribution in [-0.4, -0.2) is 21.5 Å². The van der Waals surface area contributed by atoms with Gasteiger partial charge in [0.15, 0.2) is 6.29 Å². The molecule has 0 aliphatic carbocycles. The predicted molar refractivity (Wildman–Crippen MR) is 102 cm³/mol. The van der Waals surface area contributed by atoms with Crippen molar-refractivity contribution in [3.05, 3.63) is 59.7 Å². The average Bonchev–Trinajstić information content (AvgIpc) is 2.57. The van der Waals surface area contributed by atoms with Crippen LogP contribution in [-0.2, 0) is 11.0 Å². The molecule has 0 aliphatic heterocycles. The van der Waals surface area contributed by atoms with Crippen molar-refractivity contribution in [2.24, 2.45) is 4.40 Å². The summed E-state index contributed by atoms with van der Waals surface area (Å²) in [4.78, 5) is 11.7. The van der Waals surface area contributed by atoms with Crippen molar-refractivity contribution in [1.82, 2.24) is 0 Å². The predicted octanol–water partition coefficient (Wildman–Crippen LogP) is 4.69. The van der Waals surface area contributed by atoms with Gasteiger partial charge in [-0.1, -0.05) is 48.5 Å². The molecular formula is C20H19NO2S. The minimum atomic E-state index is -1.33. The van der Waals surface area contributed by atoms with Crippen LogP contribution < -0.4 is 0 Å². The standard InChI is InChI=1S/C20H19NO2S/c1-20(2,3)24(23)21-12-18-14-8-4-6-10-16(14)19(13-22)17-11-7-5-9-15(17)18/h4-13H,1-3H3/b21-12+. The van der Waals surface area contributed by atoms with Crippen molar-refractivity contribution in [3.63, 3.8) is 0 Å². The minimum absolute atomic E-state index is 0.412. The zero-order valence-corrected chi connectivity index (χ0v) is 14.8. The monoisotopic (exact) mass is 337 g/mol. The first kappa shape index (κ1) is 16.5. The Morgan fingerprint density at radius 2 is 1.25 bits per heavy atom. The number of hydrogen-bond donors (Lipinski definition) is 0. The van der Waals surface area contributed by atoms with Crippen molar-refractivity contribution in [2.45, 2.75) is 25.5 Å². The van der Waals surface area contributed by atoms with Crippen LogP contribution in [0, 0.1) is 0 Å². The number of carbonyl (C=O) groups is 1.